The average Bonchev–Trinajstić information content (AvgIpc) is 2.80. The van der Waals surface area contributed by atoms with Gasteiger partial charge in [0.05, 0.1) is 12.1 Å². The molecular formula is C13H13NO3S. The largest absolute Gasteiger partial charge is 0.467 e. The van der Waals surface area contributed by atoms with Crippen molar-refractivity contribution >= 4 is 29.1 Å². The number of carbonyl (C=O) groups is 2. The summed E-state index contributed by atoms with van der Waals surface area (Å²) in [7, 11) is 1.31. The molecule has 2 rings (SSSR count). The Morgan fingerprint density at radius 1 is 1.33 bits per heavy atom. The summed E-state index contributed by atoms with van der Waals surface area (Å²) in [6, 6.07) is 8.21. The Bertz CT molecular complexity index is 486. The van der Waals surface area contributed by atoms with Gasteiger partial charge in [-0.25, -0.2) is 4.79 Å². The van der Waals surface area contributed by atoms with Crippen LogP contribution in [0.5, 0.6) is 0 Å². The van der Waals surface area contributed by atoms with Crippen LogP contribution < -0.4 is 0 Å². The molecule has 1 aromatic carbocycles. The first-order valence-corrected chi connectivity index (χ1v) is 6.05. The summed E-state index contributed by atoms with van der Waals surface area (Å²) in [5.41, 5.74) is 0.524. The highest BCUT2D eigenvalue weighted by Gasteiger charge is 2.38. The third-order valence-electron chi connectivity index (χ3n) is 2.92. The summed E-state index contributed by atoms with van der Waals surface area (Å²) in [6.45, 7) is 0. The third kappa shape index (κ3) is 2.26. The molecule has 1 aliphatic rings. The summed E-state index contributed by atoms with van der Waals surface area (Å²) in [5.74, 6) is -0.660. The highest BCUT2D eigenvalue weighted by Crippen LogP contribution is 2.23. The topological polar surface area (TPSA) is 46.6 Å². The molecule has 18 heavy (non-hydrogen) atoms. The fraction of sp³-hybridized carbons (Fsp3) is 0.308. The van der Waals surface area contributed by atoms with Crippen molar-refractivity contribution in [3.05, 3.63) is 35.9 Å². The Hall–Kier alpha value is -1.75. The molecule has 0 radical (unpaired) electrons. The zero-order chi connectivity index (χ0) is 13.1. The van der Waals surface area contributed by atoms with Crippen LogP contribution >= 0.6 is 12.2 Å². The molecule has 4 nitrogen and oxygen atoms in total. The number of hydrogen-bond donors (Lipinski definition) is 0. The number of ether oxygens (including phenoxy) is 1. The van der Waals surface area contributed by atoms with E-state index in [9.17, 15) is 9.59 Å². The van der Waals surface area contributed by atoms with Crippen LogP contribution in [-0.4, -0.2) is 34.9 Å². The maximum Gasteiger partial charge on any atom is 0.329 e. The minimum Gasteiger partial charge on any atom is -0.467 e. The molecule has 0 bridgehead atoms. The molecule has 94 valence electrons. The van der Waals surface area contributed by atoms with Crippen molar-refractivity contribution in [2.75, 3.05) is 7.11 Å². The molecule has 0 aromatic heterocycles. The second-order valence-corrected chi connectivity index (χ2v) is 4.48. The Balaban J connectivity index is 2.27. The number of hydrogen-bond acceptors (Lipinski definition) is 4. The number of amides is 1. The van der Waals surface area contributed by atoms with Crippen molar-refractivity contribution < 1.29 is 14.3 Å². The van der Waals surface area contributed by atoms with Crippen LogP contribution in [0, 0.1) is 0 Å². The lowest BCUT2D eigenvalue weighted by atomic mass is 10.1. The van der Waals surface area contributed by atoms with Gasteiger partial charge in [-0.1, -0.05) is 30.4 Å². The molecule has 5 heteroatoms. The highest BCUT2D eigenvalue weighted by atomic mass is 32.1. The maximum atomic E-state index is 12.3. The minimum absolute atomic E-state index is 0.242. The number of carbonyl (C=O) groups excluding carboxylic acids is 2. The van der Waals surface area contributed by atoms with Crippen LogP contribution in [0.25, 0.3) is 0 Å². The maximum absolute atomic E-state index is 12.3. The predicted molar refractivity (Wildman–Crippen MR) is 70.2 cm³/mol. The lowest BCUT2D eigenvalue weighted by Crippen LogP contribution is -2.42. The first kappa shape index (κ1) is 12.7. The Morgan fingerprint density at radius 2 is 2.00 bits per heavy atom. The van der Waals surface area contributed by atoms with E-state index in [0.29, 0.717) is 23.4 Å². The molecule has 0 aliphatic carbocycles. The monoisotopic (exact) mass is 263 g/mol. The lowest BCUT2D eigenvalue weighted by Gasteiger charge is -2.22. The molecule has 1 saturated heterocycles. The first-order valence-electron chi connectivity index (χ1n) is 5.64. The van der Waals surface area contributed by atoms with Crippen LogP contribution in [0.3, 0.4) is 0 Å². The van der Waals surface area contributed by atoms with Crippen LogP contribution in [0.4, 0.5) is 0 Å². The van der Waals surface area contributed by atoms with E-state index in [-0.39, 0.29) is 5.91 Å². The van der Waals surface area contributed by atoms with Gasteiger partial charge in [0.2, 0.25) is 0 Å². The summed E-state index contributed by atoms with van der Waals surface area (Å²) in [4.78, 5) is 25.8. The quantitative estimate of drug-likeness (QED) is 0.603. The number of likely N-dealkylation sites (tertiary alicyclic amines) is 1. The third-order valence-corrected chi connectivity index (χ3v) is 3.33. The number of rotatable bonds is 2. The van der Waals surface area contributed by atoms with Gasteiger partial charge in [-0.3, -0.25) is 9.69 Å². The first-order chi connectivity index (χ1) is 8.65. The van der Waals surface area contributed by atoms with Gasteiger partial charge >= 0.3 is 5.97 Å². The van der Waals surface area contributed by atoms with Crippen molar-refractivity contribution in [3.63, 3.8) is 0 Å². The van der Waals surface area contributed by atoms with Crippen molar-refractivity contribution in [2.24, 2.45) is 0 Å². The lowest BCUT2D eigenvalue weighted by molar-refractivity contribution is -0.144. The summed E-state index contributed by atoms with van der Waals surface area (Å²) >= 11 is 5.16. The van der Waals surface area contributed by atoms with Gasteiger partial charge in [-0.05, 0) is 18.6 Å². The number of benzene rings is 1. The molecule has 1 aliphatic heterocycles. The van der Waals surface area contributed by atoms with Crippen LogP contribution in [0.1, 0.15) is 23.2 Å². The average molecular weight is 263 g/mol. The Labute approximate surface area is 111 Å². The van der Waals surface area contributed by atoms with Gasteiger partial charge < -0.3 is 4.74 Å². The number of methoxy groups -OCH3 is 1. The van der Waals surface area contributed by atoms with Gasteiger partial charge in [0.25, 0.3) is 5.91 Å². The van der Waals surface area contributed by atoms with Crippen molar-refractivity contribution in [1.29, 1.82) is 0 Å². The molecule has 0 N–H and O–H groups in total. The van der Waals surface area contributed by atoms with E-state index in [1.165, 1.54) is 12.0 Å². The zero-order valence-corrected chi connectivity index (χ0v) is 10.8. The van der Waals surface area contributed by atoms with Gasteiger partial charge in [0.1, 0.15) is 6.04 Å². The van der Waals surface area contributed by atoms with Crippen molar-refractivity contribution in [2.45, 2.75) is 18.9 Å². The Kier molecular flexibility index (Phi) is 3.72. The van der Waals surface area contributed by atoms with Crippen LogP contribution in [0.15, 0.2) is 30.3 Å². The molecule has 0 unspecified atom stereocenters. The fourth-order valence-electron chi connectivity index (χ4n) is 2.02. The Morgan fingerprint density at radius 3 is 2.61 bits per heavy atom. The van der Waals surface area contributed by atoms with Gasteiger partial charge in [0.15, 0.2) is 0 Å². The highest BCUT2D eigenvalue weighted by molar-refractivity contribution is 7.80. The van der Waals surface area contributed by atoms with E-state index in [2.05, 4.69) is 0 Å². The van der Waals surface area contributed by atoms with Gasteiger partial charge in [-0.15, -0.1) is 0 Å². The summed E-state index contributed by atoms with van der Waals surface area (Å²) < 4.78 is 4.71. The number of nitrogens with zero attached hydrogens (tertiary/aromatic N) is 1. The second kappa shape index (κ2) is 5.27. The standard InChI is InChI=1S/C13H13NO3S/c1-17-13(16)10-7-8-11(18)14(10)12(15)9-5-3-2-4-6-9/h2-6,10H,7-8H2,1H3/t10-/m1/s1. The second-order valence-electron chi connectivity index (χ2n) is 4.01. The van der Waals surface area contributed by atoms with E-state index in [1.54, 1.807) is 24.3 Å². The fourth-order valence-corrected chi connectivity index (χ4v) is 2.35. The molecule has 1 fully saturated rings. The molecule has 1 heterocycles. The number of esters is 1. The summed E-state index contributed by atoms with van der Waals surface area (Å²) in [6.07, 6.45) is 1.09. The van der Waals surface area contributed by atoms with E-state index >= 15 is 0 Å². The van der Waals surface area contributed by atoms with E-state index in [1.807, 2.05) is 6.07 Å². The zero-order valence-electron chi connectivity index (χ0n) is 9.96. The molecule has 1 aromatic rings. The minimum atomic E-state index is -0.588. The van der Waals surface area contributed by atoms with Crippen molar-refractivity contribution in [3.8, 4) is 0 Å². The van der Waals surface area contributed by atoms with Crippen LogP contribution in [0.2, 0.25) is 0 Å². The van der Waals surface area contributed by atoms with Crippen LogP contribution in [-0.2, 0) is 9.53 Å². The normalized spacial score (nSPS) is 18.8. The SMILES string of the molecule is COC(=O)[C@H]1CCC(=S)N1C(=O)c1ccccc1. The van der Waals surface area contributed by atoms with E-state index < -0.39 is 12.0 Å². The summed E-state index contributed by atoms with van der Waals surface area (Å²) in [5, 5.41) is 0. The smallest absolute Gasteiger partial charge is 0.329 e. The molecule has 1 atom stereocenters. The molecule has 1 amide bonds. The molecule has 0 saturated carbocycles. The van der Waals surface area contributed by atoms with Crippen molar-refractivity contribution in [1.82, 2.24) is 4.90 Å². The van der Waals surface area contributed by atoms with Gasteiger partial charge in [0, 0.05) is 12.0 Å². The molecular weight excluding hydrogens is 250 g/mol. The van der Waals surface area contributed by atoms with Gasteiger partial charge in [-0.2, -0.15) is 0 Å². The number of thiocarbonyl (C=S) groups is 1. The van der Waals surface area contributed by atoms with E-state index in [4.69, 9.17) is 17.0 Å². The van der Waals surface area contributed by atoms with E-state index in [0.717, 1.165) is 0 Å². The molecule has 0 spiro atoms. The predicted octanol–water partition coefficient (Wildman–Crippen LogP) is 1.79.